The number of rotatable bonds is 6. The molecule has 2 aliphatic rings. The molecule has 4 N–H and O–H groups in total. The fourth-order valence-corrected chi connectivity index (χ4v) is 3.90. The Hall–Kier alpha value is -3.09. The molecular weight excluding hydrogens is 472 g/mol. The zero-order valence-corrected chi connectivity index (χ0v) is 19.4. The molecule has 13 heteroatoms. The second-order valence-electron chi connectivity index (χ2n) is 7.69. The molecule has 34 heavy (non-hydrogen) atoms. The summed E-state index contributed by atoms with van der Waals surface area (Å²) in [6.07, 6.45) is 3.04. The van der Waals surface area contributed by atoms with E-state index in [1.54, 1.807) is 13.2 Å². The zero-order chi connectivity index (χ0) is 24.7. The summed E-state index contributed by atoms with van der Waals surface area (Å²) < 4.78 is 22.5. The minimum atomic E-state index is -1.82. The molecule has 0 bridgehead atoms. The topological polar surface area (TPSA) is 170 Å². The SMILES string of the molecule is COCCCN1CCC(c2nnc(-c3cc(Cl)c(N)c4c3OCCO4)o2)CC1.O=C(O)C(=O)O. The van der Waals surface area contributed by atoms with Crippen molar-refractivity contribution in [3.05, 3.63) is 17.0 Å². The van der Waals surface area contributed by atoms with E-state index in [1.807, 2.05) is 0 Å². The van der Waals surface area contributed by atoms with Gasteiger partial charge in [-0.1, -0.05) is 11.6 Å². The Balaban J connectivity index is 0.000000481. The van der Waals surface area contributed by atoms with E-state index in [4.69, 9.17) is 55.8 Å². The summed E-state index contributed by atoms with van der Waals surface area (Å²) in [5.74, 6) is -1.40. The number of carboxylic acids is 2. The third-order valence-electron chi connectivity index (χ3n) is 5.41. The summed E-state index contributed by atoms with van der Waals surface area (Å²) in [5.41, 5.74) is 6.99. The van der Waals surface area contributed by atoms with Gasteiger partial charge in [0, 0.05) is 26.2 Å². The van der Waals surface area contributed by atoms with Crippen LogP contribution in [0.5, 0.6) is 11.5 Å². The molecule has 0 radical (unpaired) electrons. The van der Waals surface area contributed by atoms with Gasteiger partial charge < -0.3 is 39.5 Å². The molecule has 0 saturated carbocycles. The molecule has 12 nitrogen and oxygen atoms in total. The van der Waals surface area contributed by atoms with Crippen LogP contribution in [0.25, 0.3) is 11.5 Å². The minimum absolute atomic E-state index is 0.261. The molecule has 2 aliphatic heterocycles. The molecule has 1 aromatic heterocycles. The highest BCUT2D eigenvalue weighted by Crippen LogP contribution is 2.47. The van der Waals surface area contributed by atoms with Crippen molar-refractivity contribution >= 4 is 29.2 Å². The molecule has 1 aromatic carbocycles. The average Bonchev–Trinajstić information content (AvgIpc) is 3.32. The number of carbonyl (C=O) groups is 2. The van der Waals surface area contributed by atoms with Crippen LogP contribution in [0.3, 0.4) is 0 Å². The Morgan fingerprint density at radius 3 is 2.44 bits per heavy atom. The van der Waals surface area contributed by atoms with Crippen LogP contribution in [0.4, 0.5) is 5.69 Å². The van der Waals surface area contributed by atoms with Crippen molar-refractivity contribution in [3.8, 4) is 23.0 Å². The number of fused-ring (bicyclic) bond motifs is 1. The van der Waals surface area contributed by atoms with Crippen molar-refractivity contribution in [2.45, 2.75) is 25.2 Å². The van der Waals surface area contributed by atoms with Gasteiger partial charge in [-0.2, -0.15) is 0 Å². The van der Waals surface area contributed by atoms with Gasteiger partial charge in [0.05, 0.1) is 16.3 Å². The number of aromatic nitrogens is 2. The molecule has 0 amide bonds. The van der Waals surface area contributed by atoms with Gasteiger partial charge in [-0.15, -0.1) is 10.2 Å². The number of nitrogens with zero attached hydrogens (tertiary/aromatic N) is 3. The van der Waals surface area contributed by atoms with Crippen molar-refractivity contribution in [1.82, 2.24) is 15.1 Å². The van der Waals surface area contributed by atoms with E-state index in [9.17, 15) is 0 Å². The number of piperidine rings is 1. The number of halogens is 1. The molecule has 2 aromatic rings. The molecular formula is C21H27ClN4O8. The maximum Gasteiger partial charge on any atom is 0.414 e. The summed E-state index contributed by atoms with van der Waals surface area (Å²) in [4.78, 5) is 20.7. The second kappa shape index (κ2) is 11.9. The van der Waals surface area contributed by atoms with Crippen LogP contribution in [0.1, 0.15) is 31.1 Å². The van der Waals surface area contributed by atoms with Crippen LogP contribution in [0.2, 0.25) is 5.02 Å². The van der Waals surface area contributed by atoms with E-state index in [-0.39, 0.29) is 5.92 Å². The lowest BCUT2D eigenvalue weighted by Crippen LogP contribution is -2.34. The van der Waals surface area contributed by atoms with Gasteiger partial charge in [-0.3, -0.25) is 0 Å². The van der Waals surface area contributed by atoms with Crippen LogP contribution in [-0.4, -0.2) is 83.8 Å². The number of likely N-dealkylation sites (tertiary alicyclic amines) is 1. The highest BCUT2D eigenvalue weighted by molar-refractivity contribution is 6.34. The summed E-state index contributed by atoms with van der Waals surface area (Å²) in [6.45, 7) is 4.76. The van der Waals surface area contributed by atoms with Gasteiger partial charge in [0.1, 0.15) is 13.2 Å². The van der Waals surface area contributed by atoms with E-state index in [1.165, 1.54) is 0 Å². The molecule has 186 valence electrons. The predicted octanol–water partition coefficient (Wildman–Crippen LogP) is 2.11. The molecule has 1 saturated heterocycles. The Morgan fingerprint density at radius 2 is 1.82 bits per heavy atom. The fourth-order valence-electron chi connectivity index (χ4n) is 3.70. The van der Waals surface area contributed by atoms with Crippen molar-refractivity contribution in [1.29, 1.82) is 0 Å². The Labute approximate surface area is 200 Å². The number of nitrogen functional groups attached to an aromatic ring is 1. The third-order valence-corrected chi connectivity index (χ3v) is 5.73. The van der Waals surface area contributed by atoms with Crippen molar-refractivity contribution in [2.75, 3.05) is 52.3 Å². The number of ether oxygens (including phenoxy) is 3. The largest absolute Gasteiger partial charge is 0.485 e. The number of hydrogen-bond donors (Lipinski definition) is 3. The number of anilines is 1. The highest BCUT2D eigenvalue weighted by Gasteiger charge is 2.28. The standard InChI is InChI=1S/C19H25ClN4O4.C2H2O4/c1-25-8-2-5-24-6-3-12(4-7-24)18-22-23-19(28-18)13-11-14(20)15(21)17-16(13)26-9-10-27-17;3-1(4)2(5)6/h11-12H,2-10,21H2,1H3;(H,3,4)(H,5,6). The normalized spacial score (nSPS) is 15.9. The number of aliphatic carboxylic acids is 2. The van der Waals surface area contributed by atoms with Gasteiger partial charge in [-0.05, 0) is 38.4 Å². The highest BCUT2D eigenvalue weighted by atomic mass is 35.5. The average molecular weight is 499 g/mol. The molecule has 0 aliphatic carbocycles. The summed E-state index contributed by atoms with van der Waals surface area (Å²) in [5, 5.41) is 23.7. The first-order chi connectivity index (χ1) is 16.3. The van der Waals surface area contributed by atoms with E-state index in [0.29, 0.717) is 52.8 Å². The van der Waals surface area contributed by atoms with Crippen LogP contribution in [0, 0.1) is 0 Å². The van der Waals surface area contributed by atoms with E-state index >= 15 is 0 Å². The van der Waals surface area contributed by atoms with Crippen molar-refractivity contribution < 1.29 is 38.4 Å². The number of nitrogens with two attached hydrogens (primary N) is 1. The maximum atomic E-state index is 9.10. The lowest BCUT2D eigenvalue weighted by molar-refractivity contribution is -0.159. The lowest BCUT2D eigenvalue weighted by atomic mass is 9.97. The number of benzene rings is 1. The predicted molar refractivity (Wildman–Crippen MR) is 120 cm³/mol. The lowest BCUT2D eigenvalue weighted by Gasteiger charge is -2.30. The first-order valence-electron chi connectivity index (χ1n) is 10.7. The van der Waals surface area contributed by atoms with Crippen LogP contribution in [-0.2, 0) is 14.3 Å². The molecule has 0 unspecified atom stereocenters. The molecule has 0 spiro atoms. The molecule has 0 atom stereocenters. The van der Waals surface area contributed by atoms with Crippen LogP contribution >= 0.6 is 11.6 Å². The number of carboxylic acid groups (broad SMARTS) is 2. The smallest absolute Gasteiger partial charge is 0.414 e. The van der Waals surface area contributed by atoms with Gasteiger partial charge in [-0.25, -0.2) is 9.59 Å². The first kappa shape index (κ1) is 25.5. The van der Waals surface area contributed by atoms with E-state index in [2.05, 4.69) is 15.1 Å². The van der Waals surface area contributed by atoms with Gasteiger partial charge >= 0.3 is 11.9 Å². The fraction of sp³-hybridized carbons (Fsp3) is 0.524. The van der Waals surface area contributed by atoms with Gasteiger partial charge in [0.25, 0.3) is 5.89 Å². The number of hydrogen-bond acceptors (Lipinski definition) is 10. The van der Waals surface area contributed by atoms with Crippen molar-refractivity contribution in [2.24, 2.45) is 0 Å². The van der Waals surface area contributed by atoms with Crippen molar-refractivity contribution in [3.63, 3.8) is 0 Å². The molecule has 1 fully saturated rings. The molecule has 3 heterocycles. The zero-order valence-electron chi connectivity index (χ0n) is 18.7. The van der Waals surface area contributed by atoms with Crippen LogP contribution in [0.15, 0.2) is 10.5 Å². The Morgan fingerprint density at radius 1 is 1.18 bits per heavy atom. The molecule has 4 rings (SSSR count). The van der Waals surface area contributed by atoms with E-state index in [0.717, 1.165) is 45.5 Å². The summed E-state index contributed by atoms with van der Waals surface area (Å²) >= 11 is 6.26. The van der Waals surface area contributed by atoms with Crippen LogP contribution < -0.4 is 15.2 Å². The maximum absolute atomic E-state index is 9.10. The monoisotopic (exact) mass is 498 g/mol. The number of methoxy groups -OCH3 is 1. The Kier molecular flexibility index (Phi) is 8.91. The third kappa shape index (κ3) is 6.27. The van der Waals surface area contributed by atoms with Gasteiger partial charge in [0.2, 0.25) is 5.89 Å². The van der Waals surface area contributed by atoms with Gasteiger partial charge in [0.15, 0.2) is 11.5 Å². The second-order valence-corrected chi connectivity index (χ2v) is 8.10. The summed E-state index contributed by atoms with van der Waals surface area (Å²) in [7, 11) is 1.74. The van der Waals surface area contributed by atoms with E-state index < -0.39 is 11.9 Å². The Bertz CT molecular complexity index is 995. The summed E-state index contributed by atoms with van der Waals surface area (Å²) in [6, 6.07) is 1.69. The quantitative estimate of drug-likeness (QED) is 0.301. The minimum Gasteiger partial charge on any atom is -0.485 e. The first-order valence-corrected chi connectivity index (χ1v) is 11.1.